The summed E-state index contributed by atoms with van der Waals surface area (Å²) in [6, 6.07) is 5.41. The molecule has 1 aromatic rings. The van der Waals surface area contributed by atoms with E-state index in [4.69, 9.17) is 5.11 Å². The Morgan fingerprint density at radius 1 is 1.35 bits per heavy atom. The van der Waals surface area contributed by atoms with Crippen LogP contribution in [0.5, 0.6) is 0 Å². The lowest BCUT2D eigenvalue weighted by molar-refractivity contribution is -0.142. The molecule has 1 aliphatic heterocycles. The van der Waals surface area contributed by atoms with Crippen LogP contribution in [0.4, 0.5) is 0 Å². The molecule has 7 heteroatoms. The van der Waals surface area contributed by atoms with Crippen LogP contribution >= 0.6 is 0 Å². The van der Waals surface area contributed by atoms with Crippen molar-refractivity contribution in [1.29, 1.82) is 0 Å². The SMILES string of the molecule is O=C(O)C1CCN(S(=O)(=O)CCc2ccccn2)CC1. The van der Waals surface area contributed by atoms with Gasteiger partial charge in [0.1, 0.15) is 0 Å². The third kappa shape index (κ3) is 3.77. The van der Waals surface area contributed by atoms with Crippen LogP contribution in [0.15, 0.2) is 24.4 Å². The molecule has 1 fully saturated rings. The van der Waals surface area contributed by atoms with Crippen molar-refractivity contribution >= 4 is 16.0 Å². The predicted octanol–water partition coefficient (Wildman–Crippen LogP) is 0.750. The molecule has 0 saturated carbocycles. The monoisotopic (exact) mass is 298 g/mol. The Morgan fingerprint density at radius 2 is 2.05 bits per heavy atom. The molecule has 0 radical (unpaired) electrons. The maximum Gasteiger partial charge on any atom is 0.306 e. The first-order chi connectivity index (χ1) is 9.49. The number of hydrogen-bond donors (Lipinski definition) is 1. The van der Waals surface area contributed by atoms with Gasteiger partial charge in [-0.25, -0.2) is 12.7 Å². The van der Waals surface area contributed by atoms with E-state index in [0.717, 1.165) is 5.69 Å². The van der Waals surface area contributed by atoms with Crippen molar-refractivity contribution in [2.24, 2.45) is 5.92 Å². The molecule has 1 aliphatic rings. The van der Waals surface area contributed by atoms with Crippen molar-refractivity contribution < 1.29 is 18.3 Å². The predicted molar refractivity (Wildman–Crippen MR) is 73.7 cm³/mol. The van der Waals surface area contributed by atoms with Crippen LogP contribution in [0.1, 0.15) is 18.5 Å². The van der Waals surface area contributed by atoms with Crippen LogP contribution in [0.25, 0.3) is 0 Å². The first-order valence-corrected chi connectivity index (χ1v) is 8.20. The van der Waals surface area contributed by atoms with Gasteiger partial charge in [-0.2, -0.15) is 0 Å². The van der Waals surface area contributed by atoms with E-state index in [-0.39, 0.29) is 5.75 Å². The Hall–Kier alpha value is -1.47. The molecule has 1 aromatic heterocycles. The second-order valence-electron chi connectivity index (χ2n) is 4.90. The number of carbonyl (C=O) groups is 1. The average molecular weight is 298 g/mol. The van der Waals surface area contributed by atoms with Gasteiger partial charge < -0.3 is 5.11 Å². The van der Waals surface area contributed by atoms with Gasteiger partial charge in [0.15, 0.2) is 0 Å². The number of hydrogen-bond acceptors (Lipinski definition) is 4. The molecule has 0 spiro atoms. The van der Waals surface area contributed by atoms with Crippen LogP contribution < -0.4 is 0 Å². The van der Waals surface area contributed by atoms with Crippen LogP contribution in [0, 0.1) is 5.92 Å². The maximum atomic E-state index is 12.2. The molecule has 0 aromatic carbocycles. The summed E-state index contributed by atoms with van der Waals surface area (Å²) >= 11 is 0. The number of pyridine rings is 1. The third-order valence-electron chi connectivity index (χ3n) is 3.54. The van der Waals surface area contributed by atoms with E-state index in [9.17, 15) is 13.2 Å². The van der Waals surface area contributed by atoms with E-state index in [1.54, 1.807) is 18.3 Å². The number of aliphatic carboxylic acids is 1. The Morgan fingerprint density at radius 3 is 2.60 bits per heavy atom. The molecule has 0 aliphatic carbocycles. The van der Waals surface area contributed by atoms with Gasteiger partial charge >= 0.3 is 5.97 Å². The second-order valence-corrected chi connectivity index (χ2v) is 6.99. The molecule has 2 heterocycles. The van der Waals surface area contributed by atoms with Crippen LogP contribution in [-0.4, -0.2) is 47.6 Å². The van der Waals surface area contributed by atoms with Gasteiger partial charge in [0.2, 0.25) is 10.0 Å². The van der Waals surface area contributed by atoms with E-state index >= 15 is 0 Å². The van der Waals surface area contributed by atoms with E-state index < -0.39 is 21.9 Å². The third-order valence-corrected chi connectivity index (χ3v) is 5.41. The van der Waals surface area contributed by atoms with E-state index in [0.29, 0.717) is 32.4 Å². The van der Waals surface area contributed by atoms with Gasteiger partial charge in [0.05, 0.1) is 11.7 Å². The summed E-state index contributed by atoms with van der Waals surface area (Å²) in [4.78, 5) is 14.9. The Labute approximate surface area is 118 Å². The molecular weight excluding hydrogens is 280 g/mol. The molecule has 6 nitrogen and oxygen atoms in total. The Bertz CT molecular complexity index is 551. The summed E-state index contributed by atoms with van der Waals surface area (Å²) in [5.74, 6) is -1.24. The lowest BCUT2D eigenvalue weighted by Crippen LogP contribution is -2.41. The quantitative estimate of drug-likeness (QED) is 0.866. The zero-order chi connectivity index (χ0) is 14.6. The molecule has 110 valence electrons. The van der Waals surface area contributed by atoms with Gasteiger partial charge in [-0.3, -0.25) is 9.78 Å². The molecule has 0 unspecified atom stereocenters. The maximum absolute atomic E-state index is 12.2. The first-order valence-electron chi connectivity index (χ1n) is 6.59. The average Bonchev–Trinajstić information content (AvgIpc) is 2.46. The van der Waals surface area contributed by atoms with E-state index in [1.165, 1.54) is 4.31 Å². The number of aryl methyl sites for hydroxylation is 1. The van der Waals surface area contributed by atoms with E-state index in [2.05, 4.69) is 4.98 Å². The smallest absolute Gasteiger partial charge is 0.306 e. The highest BCUT2D eigenvalue weighted by molar-refractivity contribution is 7.89. The zero-order valence-electron chi connectivity index (χ0n) is 11.1. The van der Waals surface area contributed by atoms with Crippen molar-refractivity contribution in [3.63, 3.8) is 0 Å². The van der Waals surface area contributed by atoms with Crippen LogP contribution in [-0.2, 0) is 21.2 Å². The molecule has 0 atom stereocenters. The highest BCUT2D eigenvalue weighted by Crippen LogP contribution is 2.20. The summed E-state index contributed by atoms with van der Waals surface area (Å²) < 4.78 is 25.8. The van der Waals surface area contributed by atoms with E-state index in [1.807, 2.05) is 6.07 Å². The largest absolute Gasteiger partial charge is 0.481 e. The minimum absolute atomic E-state index is 0.0156. The molecule has 20 heavy (non-hydrogen) atoms. The van der Waals surface area contributed by atoms with Gasteiger partial charge in [-0.05, 0) is 25.0 Å². The second kappa shape index (κ2) is 6.32. The van der Waals surface area contributed by atoms with Gasteiger partial charge in [-0.15, -0.1) is 0 Å². The summed E-state index contributed by atoms with van der Waals surface area (Å²) in [5, 5.41) is 8.90. The molecule has 0 amide bonds. The fraction of sp³-hybridized carbons (Fsp3) is 0.538. The highest BCUT2D eigenvalue weighted by atomic mass is 32.2. The number of rotatable bonds is 5. The zero-order valence-corrected chi connectivity index (χ0v) is 11.9. The summed E-state index contributed by atoms with van der Waals surface area (Å²) in [7, 11) is -3.33. The fourth-order valence-electron chi connectivity index (χ4n) is 2.29. The number of carboxylic acids is 1. The topological polar surface area (TPSA) is 87.6 Å². The minimum atomic E-state index is -3.33. The fourth-order valence-corrected chi connectivity index (χ4v) is 3.78. The molecule has 1 saturated heterocycles. The number of sulfonamides is 1. The van der Waals surface area contributed by atoms with Crippen molar-refractivity contribution in [2.45, 2.75) is 19.3 Å². The van der Waals surface area contributed by atoms with Gasteiger partial charge in [0.25, 0.3) is 0 Å². The standard InChI is InChI=1S/C13H18N2O4S/c16-13(17)11-4-8-15(9-5-11)20(18,19)10-6-12-3-1-2-7-14-12/h1-3,7,11H,4-6,8-10H2,(H,16,17). The number of aromatic nitrogens is 1. The molecular formula is C13H18N2O4S. The summed E-state index contributed by atoms with van der Waals surface area (Å²) in [5.41, 5.74) is 0.747. The lowest BCUT2D eigenvalue weighted by Gasteiger charge is -2.29. The van der Waals surface area contributed by atoms with Crippen LogP contribution in [0.3, 0.4) is 0 Å². The normalized spacial score (nSPS) is 18.0. The summed E-state index contributed by atoms with van der Waals surface area (Å²) in [6.45, 7) is 0.586. The van der Waals surface area contributed by atoms with Crippen LogP contribution in [0.2, 0.25) is 0 Å². The molecule has 0 bridgehead atoms. The van der Waals surface area contributed by atoms with Gasteiger partial charge in [-0.1, -0.05) is 6.07 Å². The minimum Gasteiger partial charge on any atom is -0.481 e. The molecule has 1 N–H and O–H groups in total. The van der Waals surface area contributed by atoms with Gasteiger partial charge in [0, 0.05) is 31.4 Å². The summed E-state index contributed by atoms with van der Waals surface area (Å²) in [6.07, 6.45) is 2.79. The number of carboxylic acid groups (broad SMARTS) is 1. The lowest BCUT2D eigenvalue weighted by atomic mass is 9.99. The first kappa shape index (κ1) is 14.9. The van der Waals surface area contributed by atoms with Crippen molar-refractivity contribution in [3.05, 3.63) is 30.1 Å². The highest BCUT2D eigenvalue weighted by Gasteiger charge is 2.30. The number of piperidine rings is 1. The number of nitrogens with zero attached hydrogens (tertiary/aromatic N) is 2. The van der Waals surface area contributed by atoms with Crippen molar-refractivity contribution in [1.82, 2.24) is 9.29 Å². The van der Waals surface area contributed by atoms with Crippen molar-refractivity contribution in [2.75, 3.05) is 18.8 Å². The Kier molecular flexibility index (Phi) is 4.72. The Balaban J connectivity index is 1.90. The molecule has 2 rings (SSSR count). The van der Waals surface area contributed by atoms with Crippen molar-refractivity contribution in [3.8, 4) is 0 Å².